The molecular weight excluding hydrogens is 394 g/mol. The molecule has 0 bridgehead atoms. The zero-order valence-electron chi connectivity index (χ0n) is 17.2. The molecule has 1 aliphatic heterocycles. The fraction of sp³-hybridized carbons (Fsp3) is 0.429. The number of allylic oxidation sites excluding steroid dienone is 1. The van der Waals surface area contributed by atoms with Crippen molar-refractivity contribution in [2.45, 2.75) is 18.5 Å². The smallest absolute Gasteiger partial charge is 0.252 e. The van der Waals surface area contributed by atoms with Gasteiger partial charge in [0.25, 0.3) is 5.79 Å². The second-order valence-electron chi connectivity index (χ2n) is 6.73. The molecule has 0 unspecified atom stereocenters. The van der Waals surface area contributed by atoms with E-state index < -0.39 is 12.1 Å². The Morgan fingerprint density at radius 1 is 1.03 bits per heavy atom. The molecule has 160 valence electrons. The molecule has 1 aromatic carbocycles. The lowest BCUT2D eigenvalue weighted by Gasteiger charge is -2.28. The third-order valence-electron chi connectivity index (χ3n) is 5.20. The summed E-state index contributed by atoms with van der Waals surface area (Å²) in [6, 6.07) is 3.48. The van der Waals surface area contributed by atoms with Gasteiger partial charge in [-0.25, -0.2) is 0 Å². The highest BCUT2D eigenvalue weighted by Gasteiger charge is 2.44. The van der Waals surface area contributed by atoms with Crippen LogP contribution in [0.15, 0.2) is 28.8 Å². The first-order valence-corrected chi connectivity index (χ1v) is 9.42. The van der Waals surface area contributed by atoms with E-state index in [2.05, 4.69) is 5.16 Å². The summed E-state index contributed by atoms with van der Waals surface area (Å²) in [6.07, 6.45) is 2.99. The van der Waals surface area contributed by atoms with Gasteiger partial charge in [-0.05, 0) is 24.6 Å². The van der Waals surface area contributed by atoms with Gasteiger partial charge >= 0.3 is 0 Å². The quantitative estimate of drug-likeness (QED) is 0.657. The molecule has 9 heteroatoms. The van der Waals surface area contributed by atoms with Crippen LogP contribution in [0, 0.1) is 0 Å². The molecule has 0 radical (unpaired) electrons. The number of nitrogens with zero attached hydrogens (tertiary/aromatic N) is 1. The van der Waals surface area contributed by atoms with Crippen molar-refractivity contribution < 1.29 is 37.7 Å². The molecule has 1 aliphatic carbocycles. The maximum atomic E-state index is 12.8. The summed E-state index contributed by atoms with van der Waals surface area (Å²) in [5, 5.41) is 4.20. The minimum atomic E-state index is -1.35. The zero-order valence-corrected chi connectivity index (χ0v) is 17.2. The van der Waals surface area contributed by atoms with Crippen LogP contribution >= 0.6 is 0 Å². The molecule has 2 aromatic rings. The second kappa shape index (κ2) is 8.19. The van der Waals surface area contributed by atoms with Gasteiger partial charge < -0.3 is 32.9 Å². The Labute approximate surface area is 173 Å². The summed E-state index contributed by atoms with van der Waals surface area (Å²) >= 11 is 0. The maximum absolute atomic E-state index is 12.8. The number of fused-ring (bicyclic) bond motifs is 1. The number of ketones is 1. The standard InChI is InChI=1S/C21H23NO8/c1-24-12-10-13(20-28-8-5-9-29-20)16(15(11-12)25-2)18-17-14(23)6-7-21(26-3,27-4)19(17)30-22-18/h6-7,10-11,20H,5,8-9H2,1-4H3. The van der Waals surface area contributed by atoms with Crippen molar-refractivity contribution in [3.8, 4) is 22.8 Å². The van der Waals surface area contributed by atoms with Crippen LogP contribution in [0.2, 0.25) is 0 Å². The molecule has 0 amide bonds. The van der Waals surface area contributed by atoms with E-state index in [1.165, 1.54) is 33.5 Å². The van der Waals surface area contributed by atoms with E-state index in [1.54, 1.807) is 19.2 Å². The van der Waals surface area contributed by atoms with Crippen molar-refractivity contribution in [3.05, 3.63) is 41.2 Å². The molecule has 9 nitrogen and oxygen atoms in total. The van der Waals surface area contributed by atoms with Crippen LogP contribution in [0.3, 0.4) is 0 Å². The largest absolute Gasteiger partial charge is 0.497 e. The monoisotopic (exact) mass is 417 g/mol. The highest BCUT2D eigenvalue weighted by atomic mass is 16.7. The van der Waals surface area contributed by atoms with Crippen molar-refractivity contribution in [2.75, 3.05) is 41.7 Å². The molecule has 0 N–H and O–H groups in total. The summed E-state index contributed by atoms with van der Waals surface area (Å²) in [5.74, 6) is -0.507. The third-order valence-corrected chi connectivity index (χ3v) is 5.20. The number of hydrogen-bond donors (Lipinski definition) is 0. The summed E-state index contributed by atoms with van der Waals surface area (Å²) in [7, 11) is 5.99. The Morgan fingerprint density at radius 2 is 1.77 bits per heavy atom. The van der Waals surface area contributed by atoms with E-state index in [0.29, 0.717) is 35.8 Å². The second-order valence-corrected chi connectivity index (χ2v) is 6.73. The van der Waals surface area contributed by atoms with E-state index in [9.17, 15) is 4.79 Å². The van der Waals surface area contributed by atoms with Crippen molar-refractivity contribution >= 4 is 5.78 Å². The molecule has 0 saturated carbocycles. The number of hydrogen-bond acceptors (Lipinski definition) is 9. The van der Waals surface area contributed by atoms with E-state index in [1.807, 2.05) is 0 Å². The summed E-state index contributed by atoms with van der Waals surface area (Å²) in [4.78, 5) is 12.8. The van der Waals surface area contributed by atoms with Crippen molar-refractivity contribution in [3.63, 3.8) is 0 Å². The van der Waals surface area contributed by atoms with Gasteiger partial charge in [0.1, 0.15) is 17.2 Å². The number of rotatable bonds is 6. The molecular formula is C21H23NO8. The third kappa shape index (κ3) is 3.20. The number of carbonyl (C=O) groups excluding carboxylic acids is 1. The molecule has 30 heavy (non-hydrogen) atoms. The Morgan fingerprint density at radius 3 is 2.40 bits per heavy atom. The van der Waals surface area contributed by atoms with E-state index in [0.717, 1.165) is 6.42 Å². The summed E-state index contributed by atoms with van der Waals surface area (Å²) < 4.78 is 39.2. The molecule has 2 aliphatic rings. The SMILES string of the molecule is COc1cc(OC)c(-c2noc3c2C(=O)C=CC3(OC)OC)c(C2OCCCO2)c1. The lowest BCUT2D eigenvalue weighted by molar-refractivity contribution is -0.191. The number of benzene rings is 1. The lowest BCUT2D eigenvalue weighted by Crippen LogP contribution is -2.32. The van der Waals surface area contributed by atoms with Crippen LogP contribution in [0.1, 0.15) is 34.4 Å². The predicted molar refractivity (Wildman–Crippen MR) is 103 cm³/mol. The fourth-order valence-electron chi connectivity index (χ4n) is 3.67. The van der Waals surface area contributed by atoms with Crippen LogP contribution in [0.5, 0.6) is 11.5 Å². The minimum absolute atomic E-state index is 0.157. The molecule has 0 atom stereocenters. The van der Waals surface area contributed by atoms with Gasteiger partial charge in [0.15, 0.2) is 12.1 Å². The first-order chi connectivity index (χ1) is 14.6. The molecule has 4 rings (SSSR count). The average molecular weight is 417 g/mol. The van der Waals surface area contributed by atoms with Gasteiger partial charge in [-0.2, -0.15) is 0 Å². The predicted octanol–water partition coefficient (Wildman–Crippen LogP) is 2.99. The van der Waals surface area contributed by atoms with Gasteiger partial charge in [0, 0.05) is 25.8 Å². The Hall–Kier alpha value is -2.72. The topological polar surface area (TPSA) is 98.5 Å². The van der Waals surface area contributed by atoms with Crippen LogP contribution in [-0.2, 0) is 24.7 Å². The van der Waals surface area contributed by atoms with Crippen molar-refractivity contribution in [2.24, 2.45) is 0 Å². The molecule has 1 aromatic heterocycles. The van der Waals surface area contributed by atoms with Crippen molar-refractivity contribution in [1.29, 1.82) is 0 Å². The van der Waals surface area contributed by atoms with Crippen LogP contribution in [0.25, 0.3) is 11.3 Å². The highest BCUT2D eigenvalue weighted by Crippen LogP contribution is 2.46. The van der Waals surface area contributed by atoms with Crippen molar-refractivity contribution in [1.82, 2.24) is 5.16 Å². The lowest BCUT2D eigenvalue weighted by atomic mass is 9.91. The first kappa shape index (κ1) is 20.5. The Kier molecular flexibility index (Phi) is 5.61. The molecule has 1 saturated heterocycles. The Balaban J connectivity index is 1.96. The van der Waals surface area contributed by atoms with Crippen LogP contribution < -0.4 is 9.47 Å². The van der Waals surface area contributed by atoms with Gasteiger partial charge in [-0.15, -0.1) is 0 Å². The molecule has 0 spiro atoms. The summed E-state index contributed by atoms with van der Waals surface area (Å²) in [5.41, 5.74) is 1.64. The maximum Gasteiger partial charge on any atom is 0.252 e. The Bertz CT molecular complexity index is 970. The highest BCUT2D eigenvalue weighted by molar-refractivity contribution is 6.11. The number of methoxy groups -OCH3 is 4. The number of aromatic nitrogens is 1. The van der Waals surface area contributed by atoms with Gasteiger partial charge in [-0.3, -0.25) is 4.79 Å². The first-order valence-electron chi connectivity index (χ1n) is 9.42. The van der Waals surface area contributed by atoms with Gasteiger partial charge in [0.2, 0.25) is 5.76 Å². The minimum Gasteiger partial charge on any atom is -0.497 e. The molecule has 1 fully saturated rings. The number of carbonyl (C=O) groups is 1. The fourth-order valence-corrected chi connectivity index (χ4v) is 3.67. The average Bonchev–Trinajstić information content (AvgIpc) is 3.25. The normalized spacial score (nSPS) is 18.3. The van der Waals surface area contributed by atoms with E-state index in [-0.39, 0.29) is 22.8 Å². The van der Waals surface area contributed by atoms with Gasteiger partial charge in [-0.1, -0.05) is 5.16 Å². The van der Waals surface area contributed by atoms with Gasteiger partial charge in [0.05, 0.1) is 38.6 Å². The van der Waals surface area contributed by atoms with E-state index >= 15 is 0 Å². The van der Waals surface area contributed by atoms with E-state index in [4.69, 9.17) is 32.9 Å². The van der Waals surface area contributed by atoms with Crippen LogP contribution in [0.4, 0.5) is 0 Å². The summed E-state index contributed by atoms with van der Waals surface area (Å²) in [6.45, 7) is 1.08. The van der Waals surface area contributed by atoms with Crippen LogP contribution in [-0.4, -0.2) is 52.6 Å². The zero-order chi connectivity index (χ0) is 21.3. The molecule has 2 heterocycles. The number of ether oxygens (including phenoxy) is 6.